The number of hydrogen-bond donors (Lipinski definition) is 2. The first-order chi connectivity index (χ1) is 14.9. The highest BCUT2D eigenvalue weighted by molar-refractivity contribution is 6.34. The van der Waals surface area contributed by atoms with Crippen LogP contribution < -0.4 is 9.64 Å². The highest BCUT2D eigenvalue weighted by Gasteiger charge is 2.32. The van der Waals surface area contributed by atoms with E-state index in [1.807, 2.05) is 11.0 Å². The second-order valence-corrected chi connectivity index (χ2v) is 7.58. The summed E-state index contributed by atoms with van der Waals surface area (Å²) in [5, 5.41) is 8.94. The molecule has 160 valence electrons. The Bertz CT molecular complexity index is 1260. The van der Waals surface area contributed by atoms with Crippen molar-refractivity contribution in [3.05, 3.63) is 52.6 Å². The molecule has 0 atom stereocenters. The minimum Gasteiger partial charge on any atom is -0.493 e. The smallest absolute Gasteiger partial charge is 0.419 e. The van der Waals surface area contributed by atoms with Crippen molar-refractivity contribution in [2.24, 2.45) is 0 Å². The second kappa shape index (κ2) is 7.16. The van der Waals surface area contributed by atoms with Crippen molar-refractivity contribution in [1.82, 2.24) is 25.1 Å². The van der Waals surface area contributed by atoms with Gasteiger partial charge in [-0.1, -0.05) is 11.6 Å². The third kappa shape index (κ3) is 3.27. The maximum Gasteiger partial charge on any atom is 0.419 e. The fraction of sp³-hybridized carbons (Fsp3) is 0.250. The Morgan fingerprint density at radius 1 is 1.23 bits per heavy atom. The SMILES string of the molecule is COc1c(Cl)cc(-c2n[nH]c3c2CN(c2ncc(C(F)(F)F)cn2)CC3)c2cc[nH]c12. The predicted octanol–water partition coefficient (Wildman–Crippen LogP) is 4.59. The minimum absolute atomic E-state index is 0.241. The molecule has 0 aliphatic carbocycles. The quantitative estimate of drug-likeness (QED) is 0.479. The van der Waals surface area contributed by atoms with E-state index in [0.29, 0.717) is 30.3 Å². The van der Waals surface area contributed by atoms with Crippen LogP contribution in [0.25, 0.3) is 22.2 Å². The van der Waals surface area contributed by atoms with Crippen molar-refractivity contribution in [2.75, 3.05) is 18.6 Å². The van der Waals surface area contributed by atoms with E-state index in [9.17, 15) is 13.2 Å². The molecular formula is C20H16ClF3N6O. The van der Waals surface area contributed by atoms with E-state index in [4.69, 9.17) is 16.3 Å². The van der Waals surface area contributed by atoms with Crippen molar-refractivity contribution < 1.29 is 17.9 Å². The van der Waals surface area contributed by atoms with Gasteiger partial charge in [0.15, 0.2) is 5.75 Å². The zero-order chi connectivity index (χ0) is 21.8. The molecule has 4 aromatic rings. The summed E-state index contributed by atoms with van der Waals surface area (Å²) >= 11 is 6.44. The molecule has 2 N–H and O–H groups in total. The summed E-state index contributed by atoms with van der Waals surface area (Å²) in [6.45, 7) is 0.963. The highest BCUT2D eigenvalue weighted by Crippen LogP contribution is 2.41. The first kappa shape index (κ1) is 19.7. The van der Waals surface area contributed by atoms with E-state index in [-0.39, 0.29) is 5.95 Å². The summed E-state index contributed by atoms with van der Waals surface area (Å²) in [6, 6.07) is 3.73. The van der Waals surface area contributed by atoms with Gasteiger partial charge in [-0.3, -0.25) is 5.10 Å². The van der Waals surface area contributed by atoms with Crippen LogP contribution in [-0.2, 0) is 19.1 Å². The molecule has 4 heterocycles. The van der Waals surface area contributed by atoms with Gasteiger partial charge in [-0.2, -0.15) is 18.3 Å². The molecule has 7 nitrogen and oxygen atoms in total. The molecule has 11 heteroatoms. The number of H-pyrrole nitrogens is 2. The van der Waals surface area contributed by atoms with E-state index < -0.39 is 11.7 Å². The molecule has 0 radical (unpaired) electrons. The Morgan fingerprint density at radius 3 is 2.71 bits per heavy atom. The van der Waals surface area contributed by atoms with Crippen molar-refractivity contribution >= 4 is 28.5 Å². The number of nitrogens with one attached hydrogen (secondary N) is 2. The summed E-state index contributed by atoms with van der Waals surface area (Å²) in [5.41, 5.74) is 3.34. The number of halogens is 4. The van der Waals surface area contributed by atoms with Crippen LogP contribution in [0, 0.1) is 0 Å². The zero-order valence-corrected chi connectivity index (χ0v) is 17.0. The van der Waals surface area contributed by atoms with Gasteiger partial charge in [-0.05, 0) is 12.1 Å². The second-order valence-electron chi connectivity index (χ2n) is 7.18. The molecule has 0 spiro atoms. The third-order valence-corrected chi connectivity index (χ3v) is 5.67. The molecule has 31 heavy (non-hydrogen) atoms. The average molecular weight is 449 g/mol. The lowest BCUT2D eigenvalue weighted by Crippen LogP contribution is -2.31. The van der Waals surface area contributed by atoms with Crippen molar-refractivity contribution in [3.8, 4) is 17.0 Å². The van der Waals surface area contributed by atoms with E-state index >= 15 is 0 Å². The first-order valence-electron chi connectivity index (χ1n) is 9.41. The molecule has 1 aromatic carbocycles. The van der Waals surface area contributed by atoms with Crippen LogP contribution in [0.5, 0.6) is 5.75 Å². The van der Waals surface area contributed by atoms with E-state index in [0.717, 1.165) is 45.8 Å². The fourth-order valence-corrected chi connectivity index (χ4v) is 4.17. The molecule has 0 saturated carbocycles. The number of ether oxygens (including phenoxy) is 1. The lowest BCUT2D eigenvalue weighted by Gasteiger charge is -2.27. The van der Waals surface area contributed by atoms with E-state index in [1.54, 1.807) is 19.4 Å². The molecule has 5 rings (SSSR count). The van der Waals surface area contributed by atoms with Gasteiger partial charge in [-0.25, -0.2) is 9.97 Å². The van der Waals surface area contributed by atoms with Gasteiger partial charge < -0.3 is 14.6 Å². The largest absolute Gasteiger partial charge is 0.493 e. The number of methoxy groups -OCH3 is 1. The fourth-order valence-electron chi connectivity index (χ4n) is 3.89. The molecule has 1 aliphatic rings. The number of hydrogen-bond acceptors (Lipinski definition) is 5. The van der Waals surface area contributed by atoms with E-state index in [1.165, 1.54) is 0 Å². The Labute approximate surface area is 179 Å². The van der Waals surface area contributed by atoms with Gasteiger partial charge >= 0.3 is 6.18 Å². The molecule has 0 fully saturated rings. The number of nitrogens with zero attached hydrogens (tertiary/aromatic N) is 4. The summed E-state index contributed by atoms with van der Waals surface area (Å²) in [5.74, 6) is 0.792. The van der Waals surface area contributed by atoms with Crippen LogP contribution >= 0.6 is 11.6 Å². The van der Waals surface area contributed by atoms with Crippen LogP contribution in [0.3, 0.4) is 0 Å². The Kier molecular flexibility index (Phi) is 4.54. The Morgan fingerprint density at radius 2 is 2.00 bits per heavy atom. The topological polar surface area (TPSA) is 82.7 Å². The number of anilines is 1. The van der Waals surface area contributed by atoms with Crippen LogP contribution in [0.1, 0.15) is 16.8 Å². The van der Waals surface area contributed by atoms with Gasteiger partial charge in [-0.15, -0.1) is 0 Å². The average Bonchev–Trinajstić information content (AvgIpc) is 3.39. The van der Waals surface area contributed by atoms with E-state index in [2.05, 4.69) is 25.1 Å². The number of alkyl halides is 3. The standard InChI is InChI=1S/C20H16ClF3N6O/c1-31-18-14(21)6-12(11-2-4-25-17(11)18)16-13-9-30(5-3-15(13)28-29-16)19-26-7-10(8-27-19)20(22,23)24/h2,4,6-8,25H,3,5,9H2,1H3,(H,28,29). The van der Waals surface area contributed by atoms with Gasteiger partial charge in [0, 0.05) is 60.3 Å². The summed E-state index contributed by atoms with van der Waals surface area (Å²) < 4.78 is 43.9. The normalized spacial score (nSPS) is 14.2. The van der Waals surface area contributed by atoms with Gasteiger partial charge in [0.25, 0.3) is 0 Å². The number of rotatable bonds is 3. The van der Waals surface area contributed by atoms with Crippen molar-refractivity contribution in [1.29, 1.82) is 0 Å². The van der Waals surface area contributed by atoms with Crippen LogP contribution in [0.4, 0.5) is 19.1 Å². The minimum atomic E-state index is -4.47. The molecule has 1 aliphatic heterocycles. The monoisotopic (exact) mass is 448 g/mol. The number of aromatic nitrogens is 5. The van der Waals surface area contributed by atoms with Gasteiger partial charge in [0.2, 0.25) is 5.95 Å². The summed E-state index contributed by atoms with van der Waals surface area (Å²) in [7, 11) is 1.56. The summed E-state index contributed by atoms with van der Waals surface area (Å²) in [4.78, 5) is 12.8. The van der Waals surface area contributed by atoms with Crippen LogP contribution in [0.15, 0.2) is 30.7 Å². The summed E-state index contributed by atoms with van der Waals surface area (Å²) in [6.07, 6.45) is -0.427. The maximum atomic E-state index is 12.8. The van der Waals surface area contributed by atoms with Crippen LogP contribution in [0.2, 0.25) is 5.02 Å². The third-order valence-electron chi connectivity index (χ3n) is 5.39. The highest BCUT2D eigenvalue weighted by atomic mass is 35.5. The zero-order valence-electron chi connectivity index (χ0n) is 16.2. The maximum absolute atomic E-state index is 12.8. The lowest BCUT2D eigenvalue weighted by atomic mass is 9.98. The molecule has 0 saturated heterocycles. The molecule has 0 amide bonds. The number of benzene rings is 1. The molecule has 0 unspecified atom stereocenters. The van der Waals surface area contributed by atoms with Crippen LogP contribution in [-0.4, -0.2) is 38.8 Å². The number of aromatic amines is 2. The van der Waals surface area contributed by atoms with Gasteiger partial charge in [0.1, 0.15) is 0 Å². The molecule has 3 aromatic heterocycles. The van der Waals surface area contributed by atoms with Crippen molar-refractivity contribution in [3.63, 3.8) is 0 Å². The lowest BCUT2D eigenvalue weighted by molar-refractivity contribution is -0.138. The Balaban J connectivity index is 1.53. The number of fused-ring (bicyclic) bond motifs is 2. The van der Waals surface area contributed by atoms with Gasteiger partial charge in [0.05, 0.1) is 28.9 Å². The molecule has 0 bridgehead atoms. The first-order valence-corrected chi connectivity index (χ1v) is 9.79. The van der Waals surface area contributed by atoms with Crippen molar-refractivity contribution in [2.45, 2.75) is 19.1 Å². The molecular weight excluding hydrogens is 433 g/mol. The Hall–Kier alpha value is -3.27. The predicted molar refractivity (Wildman–Crippen MR) is 109 cm³/mol.